The highest BCUT2D eigenvalue weighted by atomic mass is 32.2. The van der Waals surface area contributed by atoms with Crippen LogP contribution in [0.3, 0.4) is 0 Å². The van der Waals surface area contributed by atoms with Gasteiger partial charge >= 0.3 is 5.51 Å². The molecule has 8 heteroatoms. The zero-order valence-corrected chi connectivity index (χ0v) is 10.1. The van der Waals surface area contributed by atoms with Gasteiger partial charge in [0.05, 0.1) is 20.1 Å². The fourth-order valence-electron chi connectivity index (χ4n) is 1.32. The normalized spacial score (nSPS) is 13.2. The first kappa shape index (κ1) is 12.3. The van der Waals surface area contributed by atoms with Crippen molar-refractivity contribution in [1.82, 2.24) is 4.98 Å². The summed E-state index contributed by atoms with van der Waals surface area (Å²) in [5, 5.41) is 0.668. The summed E-state index contributed by atoms with van der Waals surface area (Å²) in [4.78, 5) is 3.29. The molecule has 0 radical (unpaired) electrons. The van der Waals surface area contributed by atoms with E-state index in [0.717, 1.165) is 23.5 Å². The van der Waals surface area contributed by atoms with Gasteiger partial charge in [-0.05, 0) is 25.1 Å². The lowest BCUT2D eigenvalue weighted by Crippen LogP contribution is -2.23. The molecule has 0 aliphatic carbocycles. The van der Waals surface area contributed by atoms with Gasteiger partial charge in [0, 0.05) is 0 Å². The van der Waals surface area contributed by atoms with Crippen molar-refractivity contribution in [2.75, 3.05) is 0 Å². The number of halogens is 3. The van der Waals surface area contributed by atoms with E-state index in [9.17, 15) is 21.6 Å². The molecule has 92 valence electrons. The molecule has 0 unspecified atom stereocenters. The van der Waals surface area contributed by atoms with Crippen LogP contribution in [0.1, 0.15) is 5.01 Å². The Hall–Kier alpha value is -1.15. The van der Waals surface area contributed by atoms with Crippen LogP contribution in [0.25, 0.3) is 10.2 Å². The predicted octanol–water partition coefficient (Wildman–Crippen LogP) is 2.90. The number of hydrogen-bond donors (Lipinski definition) is 0. The maximum Gasteiger partial charge on any atom is 0.501 e. The first-order valence-corrected chi connectivity index (χ1v) is 6.70. The average Bonchev–Trinajstić information content (AvgIpc) is 2.54. The number of fused-ring (bicyclic) bond motifs is 1. The number of hydrogen-bond acceptors (Lipinski definition) is 4. The molecule has 0 amide bonds. The third-order valence-electron chi connectivity index (χ3n) is 2.08. The van der Waals surface area contributed by atoms with Gasteiger partial charge in [-0.15, -0.1) is 11.3 Å². The third kappa shape index (κ3) is 2.02. The lowest BCUT2D eigenvalue weighted by molar-refractivity contribution is -0.0435. The Labute approximate surface area is 98.8 Å². The first-order chi connectivity index (χ1) is 7.72. The minimum absolute atomic E-state index is 0.424. The number of benzene rings is 1. The Bertz CT molecular complexity index is 673. The lowest BCUT2D eigenvalue weighted by atomic mass is 10.3. The molecule has 0 fully saturated rings. The van der Waals surface area contributed by atoms with Gasteiger partial charge in [-0.3, -0.25) is 0 Å². The summed E-state index contributed by atoms with van der Waals surface area (Å²) in [6.07, 6.45) is 0. The minimum Gasteiger partial charge on any atom is -0.242 e. The topological polar surface area (TPSA) is 47.0 Å². The van der Waals surface area contributed by atoms with Crippen molar-refractivity contribution in [2.45, 2.75) is 17.3 Å². The molecule has 0 N–H and O–H groups in total. The highest BCUT2D eigenvalue weighted by Gasteiger charge is 2.46. The van der Waals surface area contributed by atoms with Crippen molar-refractivity contribution in [1.29, 1.82) is 0 Å². The average molecular weight is 281 g/mol. The number of rotatable bonds is 1. The molecule has 1 heterocycles. The molecule has 0 aliphatic rings. The second-order valence-electron chi connectivity index (χ2n) is 3.31. The smallest absolute Gasteiger partial charge is 0.242 e. The third-order valence-corrected chi connectivity index (χ3v) is 4.50. The summed E-state index contributed by atoms with van der Waals surface area (Å²) in [5.74, 6) is 0. The van der Waals surface area contributed by atoms with Crippen LogP contribution in [-0.2, 0) is 9.84 Å². The van der Waals surface area contributed by atoms with Gasteiger partial charge in [-0.1, -0.05) is 0 Å². The van der Waals surface area contributed by atoms with Crippen LogP contribution in [0.15, 0.2) is 23.1 Å². The number of nitrogens with zero attached hydrogens (tertiary/aromatic N) is 1. The molecule has 2 aromatic rings. The standard InChI is InChI=1S/C9H6F3NO2S2/c1-5-13-7-3-2-6(4-8(7)16-5)17(14,15)9(10,11)12/h2-4H,1H3. The summed E-state index contributed by atoms with van der Waals surface area (Å²) in [7, 11) is -5.28. The van der Waals surface area contributed by atoms with Crippen molar-refractivity contribution in [3.8, 4) is 0 Å². The fourth-order valence-corrected chi connectivity index (χ4v) is 3.05. The minimum atomic E-state index is -5.28. The van der Waals surface area contributed by atoms with E-state index in [1.54, 1.807) is 6.92 Å². The molecular weight excluding hydrogens is 275 g/mol. The maximum atomic E-state index is 12.3. The van der Waals surface area contributed by atoms with Gasteiger partial charge in [-0.2, -0.15) is 13.2 Å². The molecule has 17 heavy (non-hydrogen) atoms. The second-order valence-corrected chi connectivity index (χ2v) is 6.49. The van der Waals surface area contributed by atoms with E-state index in [2.05, 4.69) is 4.98 Å². The van der Waals surface area contributed by atoms with Crippen molar-refractivity contribution >= 4 is 31.4 Å². The molecule has 0 spiro atoms. The van der Waals surface area contributed by atoms with Crippen molar-refractivity contribution in [3.05, 3.63) is 23.2 Å². The van der Waals surface area contributed by atoms with Crippen LogP contribution >= 0.6 is 11.3 Å². The van der Waals surface area contributed by atoms with Crippen molar-refractivity contribution < 1.29 is 21.6 Å². The van der Waals surface area contributed by atoms with Crippen LogP contribution in [0.5, 0.6) is 0 Å². The van der Waals surface area contributed by atoms with Gasteiger partial charge < -0.3 is 0 Å². The number of alkyl halides is 3. The van der Waals surface area contributed by atoms with E-state index in [1.165, 1.54) is 6.07 Å². The highest BCUT2D eigenvalue weighted by molar-refractivity contribution is 7.92. The van der Waals surface area contributed by atoms with Gasteiger partial charge in [0.2, 0.25) is 0 Å². The van der Waals surface area contributed by atoms with E-state index in [0.29, 0.717) is 15.2 Å². The van der Waals surface area contributed by atoms with Gasteiger partial charge in [0.15, 0.2) is 0 Å². The van der Waals surface area contributed by atoms with Crippen LogP contribution in [0.4, 0.5) is 13.2 Å². The van der Waals surface area contributed by atoms with Crippen LogP contribution in [-0.4, -0.2) is 18.9 Å². The van der Waals surface area contributed by atoms with Crippen LogP contribution in [0, 0.1) is 6.92 Å². The van der Waals surface area contributed by atoms with Gasteiger partial charge in [0.1, 0.15) is 0 Å². The lowest BCUT2D eigenvalue weighted by Gasteiger charge is -2.07. The first-order valence-electron chi connectivity index (χ1n) is 4.40. The largest absolute Gasteiger partial charge is 0.501 e. The molecule has 3 nitrogen and oxygen atoms in total. The molecule has 1 aromatic heterocycles. The van der Waals surface area contributed by atoms with E-state index < -0.39 is 20.2 Å². The molecule has 0 saturated carbocycles. The zero-order chi connectivity index (χ0) is 12.8. The van der Waals surface area contributed by atoms with E-state index >= 15 is 0 Å². The molecule has 2 rings (SSSR count). The zero-order valence-electron chi connectivity index (χ0n) is 8.45. The van der Waals surface area contributed by atoms with Crippen LogP contribution in [0.2, 0.25) is 0 Å². The van der Waals surface area contributed by atoms with E-state index in [1.807, 2.05) is 0 Å². The Morgan fingerprint density at radius 3 is 2.53 bits per heavy atom. The van der Waals surface area contributed by atoms with Crippen molar-refractivity contribution in [2.24, 2.45) is 0 Å². The Morgan fingerprint density at radius 2 is 1.94 bits per heavy atom. The quantitative estimate of drug-likeness (QED) is 0.807. The summed E-state index contributed by atoms with van der Waals surface area (Å²) >= 11 is 1.15. The summed E-state index contributed by atoms with van der Waals surface area (Å²) in [5.41, 5.74) is -4.78. The maximum absolute atomic E-state index is 12.3. The van der Waals surface area contributed by atoms with E-state index in [4.69, 9.17) is 0 Å². The molecular formula is C9H6F3NO2S2. The Morgan fingerprint density at radius 1 is 1.29 bits per heavy atom. The molecule has 0 saturated heterocycles. The van der Waals surface area contributed by atoms with Crippen LogP contribution < -0.4 is 0 Å². The second kappa shape index (κ2) is 3.67. The monoisotopic (exact) mass is 281 g/mol. The fraction of sp³-hybridized carbons (Fsp3) is 0.222. The molecule has 0 atom stereocenters. The molecule has 1 aromatic carbocycles. The summed E-state index contributed by atoms with van der Waals surface area (Å²) in [6, 6.07) is 3.20. The van der Waals surface area contributed by atoms with Crippen molar-refractivity contribution in [3.63, 3.8) is 0 Å². The molecule has 0 bridgehead atoms. The number of thiazole rings is 1. The Balaban J connectivity index is 2.65. The number of sulfone groups is 1. The van der Waals surface area contributed by atoms with E-state index in [-0.39, 0.29) is 0 Å². The predicted molar refractivity (Wildman–Crippen MR) is 57.6 cm³/mol. The van der Waals surface area contributed by atoms with Gasteiger partial charge in [-0.25, -0.2) is 13.4 Å². The summed E-state index contributed by atoms with van der Waals surface area (Å²) in [6.45, 7) is 1.70. The van der Waals surface area contributed by atoms with Gasteiger partial charge in [0.25, 0.3) is 9.84 Å². The summed E-state index contributed by atoms with van der Waals surface area (Å²) < 4.78 is 59.7. The highest BCUT2D eigenvalue weighted by Crippen LogP contribution is 2.32. The number of aryl methyl sites for hydroxylation is 1. The number of aromatic nitrogens is 1. The molecule has 0 aliphatic heterocycles. The SMILES string of the molecule is Cc1nc2ccc(S(=O)(=O)C(F)(F)F)cc2s1. The Kier molecular flexibility index (Phi) is 2.66.